The van der Waals surface area contributed by atoms with E-state index in [0.717, 1.165) is 36.4 Å². The van der Waals surface area contributed by atoms with Gasteiger partial charge in [0.1, 0.15) is 9.79 Å². The lowest BCUT2D eigenvalue weighted by molar-refractivity contribution is 0.415. The molecule has 0 atom stereocenters. The lowest BCUT2D eigenvalue weighted by Gasteiger charge is -2.03. The molecule has 0 fully saturated rings. The summed E-state index contributed by atoms with van der Waals surface area (Å²) < 4.78 is 83.7. The van der Waals surface area contributed by atoms with Gasteiger partial charge in [0.15, 0.2) is 11.5 Å². The third-order valence-corrected chi connectivity index (χ3v) is 5.45. The first-order chi connectivity index (χ1) is 11.9. The summed E-state index contributed by atoms with van der Waals surface area (Å²) in [5, 5.41) is 0. The molecule has 2 rings (SSSR count). The van der Waals surface area contributed by atoms with E-state index in [4.69, 9.17) is 29.6 Å². The van der Waals surface area contributed by atoms with Gasteiger partial charge in [-0.1, -0.05) is 0 Å². The van der Waals surface area contributed by atoms with E-state index < -0.39 is 38.3 Å². The van der Waals surface area contributed by atoms with Gasteiger partial charge < -0.3 is 11.5 Å². The second-order valence-electron chi connectivity index (χ2n) is 4.76. The monoisotopic (exact) mass is 423 g/mol. The summed E-state index contributed by atoms with van der Waals surface area (Å²) in [6.45, 7) is 0. The highest BCUT2D eigenvalue weighted by atomic mass is 32.2. The third kappa shape index (κ3) is 4.80. The number of rotatable bonds is 6. The Bertz CT molecular complexity index is 998. The van der Waals surface area contributed by atoms with E-state index in [2.05, 4.69) is 0 Å². The Kier molecular flexibility index (Phi) is 5.39. The van der Waals surface area contributed by atoms with Crippen molar-refractivity contribution in [2.45, 2.75) is 9.79 Å². The van der Waals surface area contributed by atoms with Gasteiger partial charge in [-0.3, -0.25) is 9.11 Å². The van der Waals surface area contributed by atoms with Gasteiger partial charge in [-0.2, -0.15) is 16.8 Å². The molecule has 0 aromatic heterocycles. The van der Waals surface area contributed by atoms with Gasteiger partial charge in [-0.15, -0.1) is 0 Å². The predicted molar refractivity (Wildman–Crippen MR) is 90.2 cm³/mol. The minimum atomic E-state index is -4.52. The first-order valence-electron chi connectivity index (χ1n) is 6.45. The zero-order valence-corrected chi connectivity index (χ0v) is 15.2. The van der Waals surface area contributed by atoms with Crippen molar-refractivity contribution in [1.29, 1.82) is 0 Å². The van der Waals surface area contributed by atoms with Crippen LogP contribution in [0.2, 0.25) is 0 Å². The Balaban J connectivity index is 2.15. The van der Waals surface area contributed by atoms with Crippen LogP contribution < -0.4 is 20.5 Å². The van der Waals surface area contributed by atoms with Gasteiger partial charge in [0.25, 0.3) is 20.2 Å². The lowest BCUT2D eigenvalue weighted by atomic mass is 10.3. The molecule has 140 valence electrons. The van der Waals surface area contributed by atoms with Crippen molar-refractivity contribution in [2.24, 2.45) is 0 Å². The Morgan fingerprint density at radius 2 is 1.12 bits per heavy atom. The summed E-state index contributed by atoms with van der Waals surface area (Å²) in [6.07, 6.45) is 0. The summed E-state index contributed by atoms with van der Waals surface area (Å²) in [4.78, 5) is -1.09. The molecule has 0 spiro atoms. The minimum Gasteiger partial charge on any atom is -0.397 e. The third-order valence-electron chi connectivity index (χ3n) is 2.88. The fourth-order valence-electron chi connectivity index (χ4n) is 1.83. The number of benzene rings is 2. The molecule has 14 heteroatoms. The van der Waals surface area contributed by atoms with Crippen LogP contribution in [0.25, 0.3) is 0 Å². The molecule has 0 bridgehead atoms. The molecule has 0 aliphatic rings. The van der Waals surface area contributed by atoms with E-state index in [1.807, 2.05) is 0 Å². The summed E-state index contributed by atoms with van der Waals surface area (Å²) >= 11 is 0. The van der Waals surface area contributed by atoms with Crippen molar-refractivity contribution >= 4 is 39.9 Å². The maximum Gasteiger partial charge on any atom is 0.805 e. The van der Waals surface area contributed by atoms with Crippen LogP contribution in [0.3, 0.4) is 0 Å². The SMILES string of the molecule is Nc1cc(O[P+](=O)Oc2ccc(S(=O)(=O)O)c(N)c2)ccc1S(=O)(=O)O. The van der Waals surface area contributed by atoms with Crippen LogP contribution in [0.5, 0.6) is 11.5 Å². The minimum absolute atomic E-state index is 0.112. The zero-order valence-electron chi connectivity index (χ0n) is 12.6. The number of hydrogen-bond donors (Lipinski definition) is 4. The van der Waals surface area contributed by atoms with Gasteiger partial charge in [-0.05, 0) is 24.3 Å². The summed E-state index contributed by atoms with van der Waals surface area (Å²) in [6, 6.07) is 6.09. The molecule has 2 aromatic carbocycles. The van der Waals surface area contributed by atoms with Crippen LogP contribution in [0.4, 0.5) is 11.4 Å². The molecule has 0 radical (unpaired) electrons. The fourth-order valence-corrected chi connectivity index (χ4v) is 3.63. The highest BCUT2D eigenvalue weighted by Gasteiger charge is 2.26. The van der Waals surface area contributed by atoms with Crippen LogP contribution >= 0.6 is 8.25 Å². The zero-order chi connectivity index (χ0) is 19.7. The maximum absolute atomic E-state index is 11.9. The van der Waals surface area contributed by atoms with E-state index in [1.54, 1.807) is 0 Å². The van der Waals surface area contributed by atoms with Crippen molar-refractivity contribution in [2.75, 3.05) is 11.5 Å². The normalized spacial score (nSPS) is 11.8. The van der Waals surface area contributed by atoms with Crippen LogP contribution in [-0.2, 0) is 24.8 Å². The van der Waals surface area contributed by atoms with Crippen molar-refractivity contribution in [3.05, 3.63) is 36.4 Å². The quantitative estimate of drug-likeness (QED) is 0.298. The fraction of sp³-hybridized carbons (Fsp3) is 0. The second-order valence-corrected chi connectivity index (χ2v) is 8.35. The van der Waals surface area contributed by atoms with Crippen molar-refractivity contribution < 1.29 is 39.6 Å². The lowest BCUT2D eigenvalue weighted by Crippen LogP contribution is -2.03. The molecule has 0 saturated carbocycles. The average molecular weight is 423 g/mol. The molecule has 0 saturated heterocycles. The molecule has 0 aliphatic carbocycles. The number of nitrogens with two attached hydrogens (primary N) is 2. The molecule has 11 nitrogen and oxygen atoms in total. The number of anilines is 2. The first kappa shape index (κ1) is 19.9. The predicted octanol–water partition coefficient (Wildman–Crippen LogP) is 1.46. The molecule has 0 unspecified atom stereocenters. The molecule has 0 aliphatic heterocycles. The molecule has 6 N–H and O–H groups in total. The standard InChI is InChI=1S/C12H11N2O9PS2/c13-9-5-7(1-3-11(9)25(16,17)18)22-24(15)23-8-2-4-12(10(14)6-8)26(19,20)21/h1-6H,13-14H2,(H-,16,17,18,19,20,21)/p+1. The molecule has 2 aromatic rings. The van der Waals surface area contributed by atoms with Crippen LogP contribution in [-0.4, -0.2) is 25.9 Å². The highest BCUT2D eigenvalue weighted by Crippen LogP contribution is 2.34. The number of hydrogen-bond acceptors (Lipinski definition) is 9. The Morgan fingerprint density at radius 3 is 1.38 bits per heavy atom. The van der Waals surface area contributed by atoms with E-state index in [0.29, 0.717) is 0 Å². The molecular weight excluding hydrogens is 411 g/mol. The second kappa shape index (κ2) is 7.05. The van der Waals surface area contributed by atoms with Gasteiger partial charge in [-0.25, -0.2) is 9.05 Å². The van der Waals surface area contributed by atoms with E-state index >= 15 is 0 Å². The highest BCUT2D eigenvalue weighted by molar-refractivity contribution is 7.86. The summed E-state index contributed by atoms with van der Waals surface area (Å²) in [5.41, 5.74) is 10.2. The molecule has 0 amide bonds. The largest absolute Gasteiger partial charge is 0.805 e. The van der Waals surface area contributed by atoms with Crippen LogP contribution in [0, 0.1) is 0 Å². The summed E-state index contributed by atoms with van der Waals surface area (Å²) in [7, 11) is -11.9. The Morgan fingerprint density at radius 1 is 0.769 bits per heavy atom. The topological polar surface area (TPSA) is 196 Å². The first-order valence-corrected chi connectivity index (χ1v) is 10.4. The Hall–Kier alpha value is -2.44. The smallest absolute Gasteiger partial charge is 0.397 e. The van der Waals surface area contributed by atoms with Crippen molar-refractivity contribution in [3.8, 4) is 11.5 Å². The summed E-state index contributed by atoms with van der Waals surface area (Å²) in [5.74, 6) is -0.225. The van der Waals surface area contributed by atoms with E-state index in [1.165, 1.54) is 0 Å². The molecule has 26 heavy (non-hydrogen) atoms. The average Bonchev–Trinajstić information content (AvgIpc) is 2.44. The molecular formula is C12H12N2O9PS2+. The van der Waals surface area contributed by atoms with Gasteiger partial charge >= 0.3 is 8.25 Å². The maximum atomic E-state index is 11.9. The van der Waals surface area contributed by atoms with Crippen LogP contribution in [0.1, 0.15) is 0 Å². The number of nitrogen functional groups attached to an aromatic ring is 2. The Labute approximate surface area is 149 Å². The van der Waals surface area contributed by atoms with Gasteiger partial charge in [0, 0.05) is 16.7 Å². The van der Waals surface area contributed by atoms with Gasteiger partial charge in [0.2, 0.25) is 0 Å². The van der Waals surface area contributed by atoms with Gasteiger partial charge in [0.05, 0.1) is 11.4 Å². The van der Waals surface area contributed by atoms with Crippen molar-refractivity contribution in [3.63, 3.8) is 0 Å². The van der Waals surface area contributed by atoms with E-state index in [9.17, 15) is 21.4 Å². The van der Waals surface area contributed by atoms with Crippen LogP contribution in [0.15, 0.2) is 46.2 Å². The molecule has 0 heterocycles. The van der Waals surface area contributed by atoms with Crippen molar-refractivity contribution in [1.82, 2.24) is 0 Å². The van der Waals surface area contributed by atoms with E-state index in [-0.39, 0.29) is 22.9 Å².